The van der Waals surface area contributed by atoms with Crippen LogP contribution in [0.1, 0.15) is 32.3 Å². The van der Waals surface area contributed by atoms with Crippen LogP contribution < -0.4 is 10.5 Å². The molecule has 1 aromatic rings. The molecule has 0 saturated carbocycles. The summed E-state index contributed by atoms with van der Waals surface area (Å²) < 4.78 is 26.4. The van der Waals surface area contributed by atoms with Gasteiger partial charge in [-0.3, -0.25) is 0 Å². The Hall–Kier alpha value is -0.910. The first-order valence-corrected chi connectivity index (χ1v) is 7.78. The van der Waals surface area contributed by atoms with Gasteiger partial charge in [0.1, 0.15) is 0 Å². The van der Waals surface area contributed by atoms with Crippen molar-refractivity contribution in [3.8, 4) is 0 Å². The van der Waals surface area contributed by atoms with E-state index in [0.29, 0.717) is 11.4 Å². The number of hydrogen-bond acceptors (Lipinski definition) is 3. The van der Waals surface area contributed by atoms with E-state index in [1.165, 1.54) is 0 Å². The van der Waals surface area contributed by atoms with Gasteiger partial charge in [0.25, 0.3) is 0 Å². The molecule has 5 heteroatoms. The number of unbranched alkanes of at least 4 members (excludes halogenated alkanes) is 1. The van der Waals surface area contributed by atoms with Crippen LogP contribution in [0.2, 0.25) is 0 Å². The normalized spacial score (nSPS) is 13.5. The van der Waals surface area contributed by atoms with Gasteiger partial charge in [-0.2, -0.15) is 0 Å². The van der Waals surface area contributed by atoms with Crippen molar-refractivity contribution in [2.24, 2.45) is 5.73 Å². The highest BCUT2D eigenvalue weighted by molar-refractivity contribution is 7.89. The van der Waals surface area contributed by atoms with Crippen LogP contribution >= 0.6 is 0 Å². The Labute approximate surface area is 110 Å². The fraction of sp³-hybridized carbons (Fsp3) is 0.538. The summed E-state index contributed by atoms with van der Waals surface area (Å²) in [6, 6.07) is 6.98. The van der Waals surface area contributed by atoms with E-state index >= 15 is 0 Å². The molecule has 0 saturated heterocycles. The molecule has 0 aliphatic rings. The Balaban J connectivity index is 2.71. The van der Waals surface area contributed by atoms with Crippen LogP contribution in [0.4, 0.5) is 0 Å². The van der Waals surface area contributed by atoms with E-state index in [1.807, 2.05) is 26.0 Å². The molecular formula is C13H22N2O2S. The molecule has 0 radical (unpaired) electrons. The first-order valence-electron chi connectivity index (χ1n) is 6.30. The molecule has 3 N–H and O–H groups in total. The maximum absolute atomic E-state index is 11.9. The third-order valence-corrected chi connectivity index (χ3v) is 4.09. The Morgan fingerprint density at radius 2 is 1.89 bits per heavy atom. The molecule has 4 nitrogen and oxygen atoms in total. The van der Waals surface area contributed by atoms with Crippen molar-refractivity contribution in [2.45, 2.75) is 44.0 Å². The van der Waals surface area contributed by atoms with Crippen molar-refractivity contribution < 1.29 is 8.42 Å². The molecule has 1 unspecified atom stereocenters. The quantitative estimate of drug-likeness (QED) is 0.740. The number of benzene rings is 1. The van der Waals surface area contributed by atoms with E-state index in [1.54, 1.807) is 12.1 Å². The highest BCUT2D eigenvalue weighted by atomic mass is 32.2. The average molecular weight is 270 g/mol. The summed E-state index contributed by atoms with van der Waals surface area (Å²) in [6.07, 6.45) is 2.57. The van der Waals surface area contributed by atoms with E-state index in [2.05, 4.69) is 4.72 Å². The molecule has 0 aliphatic heterocycles. The molecule has 1 atom stereocenters. The lowest BCUT2D eigenvalue weighted by Gasteiger charge is -2.08. The van der Waals surface area contributed by atoms with Gasteiger partial charge < -0.3 is 5.73 Å². The topological polar surface area (TPSA) is 72.2 Å². The molecular weight excluding hydrogens is 248 g/mol. The maximum atomic E-state index is 11.9. The van der Waals surface area contributed by atoms with Gasteiger partial charge in [-0.15, -0.1) is 0 Å². The molecule has 0 bridgehead atoms. The molecule has 0 aromatic heterocycles. The fourth-order valence-electron chi connectivity index (χ4n) is 1.64. The molecule has 102 valence electrons. The number of rotatable bonds is 7. The number of hydrogen-bond donors (Lipinski definition) is 2. The van der Waals surface area contributed by atoms with Crippen molar-refractivity contribution in [1.82, 2.24) is 4.72 Å². The maximum Gasteiger partial charge on any atom is 0.240 e. The molecule has 1 aromatic carbocycles. The molecule has 0 spiro atoms. The van der Waals surface area contributed by atoms with E-state index in [0.717, 1.165) is 24.8 Å². The fourth-order valence-corrected chi connectivity index (χ4v) is 2.72. The summed E-state index contributed by atoms with van der Waals surface area (Å²) >= 11 is 0. The third kappa shape index (κ3) is 4.76. The molecule has 0 heterocycles. The molecule has 0 aliphatic carbocycles. The second-order valence-electron chi connectivity index (χ2n) is 4.58. The Kier molecular flexibility index (Phi) is 5.78. The minimum Gasteiger partial charge on any atom is -0.328 e. The molecule has 18 heavy (non-hydrogen) atoms. The highest BCUT2D eigenvalue weighted by Gasteiger charge is 2.12. The number of nitrogens with two attached hydrogens (primary N) is 1. The minimum absolute atomic E-state index is 0.0788. The average Bonchev–Trinajstić information content (AvgIpc) is 2.29. The largest absolute Gasteiger partial charge is 0.328 e. The van der Waals surface area contributed by atoms with Crippen LogP contribution in [0, 0.1) is 0 Å². The van der Waals surface area contributed by atoms with Crippen molar-refractivity contribution >= 4 is 10.0 Å². The van der Waals surface area contributed by atoms with E-state index < -0.39 is 10.0 Å². The van der Waals surface area contributed by atoms with E-state index in [9.17, 15) is 8.42 Å². The number of sulfonamides is 1. The number of nitrogens with one attached hydrogen (secondary N) is 1. The smallest absolute Gasteiger partial charge is 0.240 e. The van der Waals surface area contributed by atoms with Crippen LogP contribution in [-0.4, -0.2) is 21.0 Å². The van der Waals surface area contributed by atoms with Crippen molar-refractivity contribution in [3.63, 3.8) is 0 Å². The summed E-state index contributed by atoms with van der Waals surface area (Å²) in [5.41, 5.74) is 6.75. The van der Waals surface area contributed by atoms with Crippen molar-refractivity contribution in [2.75, 3.05) is 6.54 Å². The second kappa shape index (κ2) is 6.87. The Bertz CT molecular complexity index is 452. The van der Waals surface area contributed by atoms with Gasteiger partial charge in [-0.05, 0) is 37.5 Å². The monoisotopic (exact) mass is 270 g/mol. The van der Waals surface area contributed by atoms with Crippen LogP contribution in [0.3, 0.4) is 0 Å². The third-order valence-electron chi connectivity index (χ3n) is 2.61. The van der Waals surface area contributed by atoms with Crippen molar-refractivity contribution in [3.05, 3.63) is 29.8 Å². The van der Waals surface area contributed by atoms with Gasteiger partial charge in [0, 0.05) is 12.6 Å². The molecule has 0 fully saturated rings. The van der Waals surface area contributed by atoms with Gasteiger partial charge in [-0.25, -0.2) is 13.1 Å². The first-order chi connectivity index (χ1) is 8.45. The lowest BCUT2D eigenvalue weighted by molar-refractivity contribution is 0.578. The molecule has 1 rings (SSSR count). The summed E-state index contributed by atoms with van der Waals surface area (Å²) in [5.74, 6) is 0. The van der Waals surface area contributed by atoms with E-state index in [4.69, 9.17) is 5.73 Å². The summed E-state index contributed by atoms with van der Waals surface area (Å²) in [4.78, 5) is 0.312. The molecule has 0 amide bonds. The summed E-state index contributed by atoms with van der Waals surface area (Å²) in [5, 5.41) is 0. The SMILES string of the molecule is CCCCNS(=O)(=O)c1ccc(CC(C)N)cc1. The summed E-state index contributed by atoms with van der Waals surface area (Å²) in [6.45, 7) is 4.44. The first kappa shape index (κ1) is 15.1. The van der Waals surface area contributed by atoms with Gasteiger partial charge in [0.05, 0.1) is 4.90 Å². The van der Waals surface area contributed by atoms with Crippen LogP contribution in [-0.2, 0) is 16.4 Å². The predicted octanol–water partition coefficient (Wildman–Crippen LogP) is 1.65. The summed E-state index contributed by atoms with van der Waals surface area (Å²) in [7, 11) is -3.36. The predicted molar refractivity (Wildman–Crippen MR) is 73.9 cm³/mol. The van der Waals surface area contributed by atoms with Crippen molar-refractivity contribution in [1.29, 1.82) is 0 Å². The Morgan fingerprint density at radius 3 is 2.39 bits per heavy atom. The highest BCUT2D eigenvalue weighted by Crippen LogP contribution is 2.11. The van der Waals surface area contributed by atoms with Crippen LogP contribution in [0.15, 0.2) is 29.2 Å². The second-order valence-corrected chi connectivity index (χ2v) is 6.34. The zero-order chi connectivity index (χ0) is 13.6. The standard InChI is InChI=1S/C13H22N2O2S/c1-3-4-9-15-18(16,17)13-7-5-12(6-8-13)10-11(2)14/h5-8,11,15H,3-4,9-10,14H2,1-2H3. The van der Waals surface area contributed by atoms with E-state index in [-0.39, 0.29) is 6.04 Å². The van der Waals surface area contributed by atoms with Gasteiger partial charge >= 0.3 is 0 Å². The van der Waals surface area contributed by atoms with Gasteiger partial charge in [0.2, 0.25) is 10.0 Å². The Morgan fingerprint density at radius 1 is 1.28 bits per heavy atom. The van der Waals surface area contributed by atoms with Gasteiger partial charge in [0.15, 0.2) is 0 Å². The lowest BCUT2D eigenvalue weighted by Crippen LogP contribution is -2.24. The van der Waals surface area contributed by atoms with Gasteiger partial charge in [-0.1, -0.05) is 25.5 Å². The van der Waals surface area contributed by atoms with Crippen LogP contribution in [0.25, 0.3) is 0 Å². The minimum atomic E-state index is -3.36. The zero-order valence-corrected chi connectivity index (χ0v) is 11.8. The zero-order valence-electron chi connectivity index (χ0n) is 11.0. The van der Waals surface area contributed by atoms with Crippen LogP contribution in [0.5, 0.6) is 0 Å². The lowest BCUT2D eigenvalue weighted by atomic mass is 10.1.